The largest absolute Gasteiger partial charge is 0.380 e. The maximum atomic E-state index is 5.98. The summed E-state index contributed by atoms with van der Waals surface area (Å²) >= 11 is 5.98. The average Bonchev–Trinajstić information content (AvgIpc) is 2.00. The second kappa shape index (κ2) is 3.16. The van der Waals surface area contributed by atoms with E-state index in [1.54, 1.807) is 0 Å². The quantitative estimate of drug-likeness (QED) is 0.680. The van der Waals surface area contributed by atoms with Gasteiger partial charge in [0.2, 0.25) is 0 Å². The zero-order valence-electron chi connectivity index (χ0n) is 8.89. The van der Waals surface area contributed by atoms with Crippen molar-refractivity contribution in [1.29, 1.82) is 0 Å². The molecule has 0 fully saturated rings. The van der Waals surface area contributed by atoms with Gasteiger partial charge in [-0.3, -0.25) is 0 Å². The number of hydrogen-bond donors (Lipinski definition) is 1. The van der Waals surface area contributed by atoms with Crippen molar-refractivity contribution in [3.63, 3.8) is 0 Å². The van der Waals surface area contributed by atoms with Crippen molar-refractivity contribution in [2.24, 2.45) is 0 Å². The van der Waals surface area contributed by atoms with Crippen LogP contribution in [0.4, 0.5) is 5.69 Å². The molecule has 0 saturated carbocycles. The molecule has 1 N–H and O–H groups in total. The molecule has 1 aliphatic heterocycles. The molecule has 1 aromatic carbocycles. The fraction of sp³-hybridized carbons (Fsp3) is 0.500. The lowest BCUT2D eigenvalue weighted by molar-refractivity contribution is 0.454. The van der Waals surface area contributed by atoms with E-state index in [9.17, 15) is 0 Å². The van der Waals surface area contributed by atoms with E-state index in [0.717, 1.165) is 5.02 Å². The van der Waals surface area contributed by atoms with E-state index in [1.807, 2.05) is 12.1 Å². The van der Waals surface area contributed by atoms with Gasteiger partial charge < -0.3 is 5.32 Å². The molecule has 1 atom stereocenters. The van der Waals surface area contributed by atoms with Crippen LogP contribution in [-0.2, 0) is 0 Å². The van der Waals surface area contributed by atoms with Gasteiger partial charge in [-0.25, -0.2) is 0 Å². The minimum Gasteiger partial charge on any atom is -0.380 e. The number of halogens is 1. The number of nitrogens with one attached hydrogen (secondary N) is 1. The Labute approximate surface area is 90.5 Å². The van der Waals surface area contributed by atoms with Crippen LogP contribution in [0.25, 0.3) is 0 Å². The Hall–Kier alpha value is -0.690. The van der Waals surface area contributed by atoms with E-state index in [0.29, 0.717) is 5.92 Å². The van der Waals surface area contributed by atoms with Gasteiger partial charge in [-0.15, -0.1) is 0 Å². The Balaban J connectivity index is 2.46. The molecule has 1 unspecified atom stereocenters. The molecular formula is C12H16ClN. The zero-order chi connectivity index (χ0) is 10.3. The van der Waals surface area contributed by atoms with E-state index in [2.05, 4.69) is 32.2 Å². The molecule has 1 aromatic rings. The van der Waals surface area contributed by atoms with Crippen molar-refractivity contribution in [2.45, 2.75) is 38.6 Å². The standard InChI is InChI=1S/C12H16ClN/c1-8-7-12(2,3)14-11-6-9(13)4-5-10(8)11/h4-6,8,14H,7H2,1-3H3. The number of hydrogen-bond acceptors (Lipinski definition) is 1. The van der Waals surface area contributed by atoms with Gasteiger partial charge in [-0.1, -0.05) is 24.6 Å². The predicted octanol–water partition coefficient (Wildman–Crippen LogP) is 4.04. The highest BCUT2D eigenvalue weighted by atomic mass is 35.5. The van der Waals surface area contributed by atoms with Crippen molar-refractivity contribution in [3.05, 3.63) is 28.8 Å². The van der Waals surface area contributed by atoms with Crippen LogP contribution in [0.2, 0.25) is 5.02 Å². The maximum Gasteiger partial charge on any atom is 0.0426 e. The second-order valence-corrected chi connectivity index (χ2v) is 5.28. The summed E-state index contributed by atoms with van der Waals surface area (Å²) in [6.07, 6.45) is 1.17. The molecule has 0 bridgehead atoms. The fourth-order valence-electron chi connectivity index (χ4n) is 2.36. The van der Waals surface area contributed by atoms with Crippen LogP contribution in [-0.4, -0.2) is 5.54 Å². The summed E-state index contributed by atoms with van der Waals surface area (Å²) in [6, 6.07) is 6.12. The summed E-state index contributed by atoms with van der Waals surface area (Å²) in [5, 5.41) is 4.33. The molecule has 0 saturated heterocycles. The van der Waals surface area contributed by atoms with E-state index in [-0.39, 0.29) is 5.54 Å². The van der Waals surface area contributed by atoms with Crippen LogP contribution in [0.15, 0.2) is 18.2 Å². The Morgan fingerprint density at radius 3 is 2.86 bits per heavy atom. The molecule has 2 rings (SSSR count). The average molecular weight is 210 g/mol. The Morgan fingerprint density at radius 1 is 1.43 bits per heavy atom. The summed E-state index contributed by atoms with van der Waals surface area (Å²) in [7, 11) is 0. The first-order valence-electron chi connectivity index (χ1n) is 5.05. The lowest BCUT2D eigenvalue weighted by Gasteiger charge is -2.37. The van der Waals surface area contributed by atoms with E-state index in [4.69, 9.17) is 11.6 Å². The Bertz CT molecular complexity index is 357. The van der Waals surface area contributed by atoms with E-state index >= 15 is 0 Å². The summed E-state index contributed by atoms with van der Waals surface area (Å²) in [6.45, 7) is 6.73. The van der Waals surface area contributed by atoms with Gasteiger partial charge in [0.1, 0.15) is 0 Å². The third-order valence-electron chi connectivity index (χ3n) is 2.84. The molecular weight excluding hydrogens is 194 g/mol. The molecule has 1 heterocycles. The minimum atomic E-state index is 0.178. The second-order valence-electron chi connectivity index (χ2n) is 4.85. The van der Waals surface area contributed by atoms with E-state index in [1.165, 1.54) is 17.7 Å². The molecule has 14 heavy (non-hydrogen) atoms. The molecule has 0 amide bonds. The van der Waals surface area contributed by atoms with Crippen molar-refractivity contribution in [2.75, 3.05) is 5.32 Å². The summed E-state index contributed by atoms with van der Waals surface area (Å²) in [5.74, 6) is 0.610. The summed E-state index contributed by atoms with van der Waals surface area (Å²) in [5.41, 5.74) is 2.76. The number of rotatable bonds is 0. The first-order valence-corrected chi connectivity index (χ1v) is 5.43. The maximum absolute atomic E-state index is 5.98. The third-order valence-corrected chi connectivity index (χ3v) is 3.07. The first kappa shape index (κ1) is 9.85. The Kier molecular flexibility index (Phi) is 2.23. The summed E-state index contributed by atoms with van der Waals surface area (Å²) < 4.78 is 0. The van der Waals surface area contributed by atoms with Gasteiger partial charge in [-0.2, -0.15) is 0 Å². The number of benzene rings is 1. The van der Waals surface area contributed by atoms with Crippen LogP contribution in [0.1, 0.15) is 38.7 Å². The molecule has 1 nitrogen and oxygen atoms in total. The first-order chi connectivity index (χ1) is 6.48. The molecule has 1 aliphatic rings. The monoisotopic (exact) mass is 209 g/mol. The molecule has 0 aromatic heterocycles. The van der Waals surface area contributed by atoms with Gasteiger partial charge in [-0.05, 0) is 43.9 Å². The van der Waals surface area contributed by atoms with Crippen molar-refractivity contribution >= 4 is 17.3 Å². The predicted molar refractivity (Wildman–Crippen MR) is 62.2 cm³/mol. The van der Waals surface area contributed by atoms with Gasteiger partial charge >= 0.3 is 0 Å². The van der Waals surface area contributed by atoms with Crippen LogP contribution in [0, 0.1) is 0 Å². The minimum absolute atomic E-state index is 0.178. The highest BCUT2D eigenvalue weighted by molar-refractivity contribution is 6.30. The lowest BCUT2D eigenvalue weighted by atomic mass is 9.82. The molecule has 76 valence electrons. The highest BCUT2D eigenvalue weighted by Gasteiger charge is 2.28. The molecule has 2 heteroatoms. The SMILES string of the molecule is CC1CC(C)(C)Nc2cc(Cl)ccc21. The summed E-state index contributed by atoms with van der Waals surface area (Å²) in [4.78, 5) is 0. The van der Waals surface area contributed by atoms with E-state index < -0.39 is 0 Å². The van der Waals surface area contributed by atoms with Gasteiger partial charge in [0, 0.05) is 16.2 Å². The van der Waals surface area contributed by atoms with Crippen molar-refractivity contribution in [1.82, 2.24) is 0 Å². The smallest absolute Gasteiger partial charge is 0.0426 e. The topological polar surface area (TPSA) is 12.0 Å². The number of fused-ring (bicyclic) bond motifs is 1. The molecule has 0 spiro atoms. The van der Waals surface area contributed by atoms with Gasteiger partial charge in [0.15, 0.2) is 0 Å². The van der Waals surface area contributed by atoms with Crippen molar-refractivity contribution < 1.29 is 0 Å². The molecule has 0 aliphatic carbocycles. The van der Waals surface area contributed by atoms with Gasteiger partial charge in [0.25, 0.3) is 0 Å². The fourth-order valence-corrected chi connectivity index (χ4v) is 2.53. The lowest BCUT2D eigenvalue weighted by Crippen LogP contribution is -2.36. The van der Waals surface area contributed by atoms with Crippen molar-refractivity contribution in [3.8, 4) is 0 Å². The van der Waals surface area contributed by atoms with Crippen LogP contribution in [0.5, 0.6) is 0 Å². The Morgan fingerprint density at radius 2 is 2.14 bits per heavy atom. The van der Waals surface area contributed by atoms with Gasteiger partial charge in [0.05, 0.1) is 0 Å². The number of anilines is 1. The molecule has 0 radical (unpaired) electrons. The third kappa shape index (κ3) is 1.74. The normalized spacial score (nSPS) is 23.9. The van der Waals surface area contributed by atoms with Crippen LogP contribution >= 0.6 is 11.6 Å². The highest BCUT2D eigenvalue weighted by Crippen LogP contribution is 2.39. The zero-order valence-corrected chi connectivity index (χ0v) is 9.65. The van der Waals surface area contributed by atoms with Crippen LogP contribution < -0.4 is 5.32 Å². The van der Waals surface area contributed by atoms with Crippen LogP contribution in [0.3, 0.4) is 0 Å².